The van der Waals surface area contributed by atoms with E-state index in [0.717, 1.165) is 6.54 Å². The van der Waals surface area contributed by atoms with E-state index in [4.69, 9.17) is 4.99 Å². The number of aliphatic imine (C=N–C) groups is 1. The van der Waals surface area contributed by atoms with Crippen molar-refractivity contribution in [3.63, 3.8) is 0 Å². The summed E-state index contributed by atoms with van der Waals surface area (Å²) in [5.41, 5.74) is 3.91. The van der Waals surface area contributed by atoms with Crippen molar-refractivity contribution in [2.45, 2.75) is 12.6 Å². The van der Waals surface area contributed by atoms with Gasteiger partial charge in [-0.25, -0.2) is 0 Å². The average Bonchev–Trinajstić information content (AvgIpc) is 2.58. The van der Waals surface area contributed by atoms with Crippen LogP contribution < -0.4 is 0 Å². The highest BCUT2D eigenvalue weighted by Crippen LogP contribution is 2.30. The average molecular weight is 236 g/mol. The molecular weight excluding hydrogens is 220 g/mol. The molecule has 0 spiro atoms. The summed E-state index contributed by atoms with van der Waals surface area (Å²) < 4.78 is 0. The molecule has 2 heteroatoms. The number of fused-ring (bicyclic) bond motifs is 1. The highest BCUT2D eigenvalue weighted by atomic mass is 15.1. The molecule has 2 nitrogen and oxygen atoms in total. The summed E-state index contributed by atoms with van der Waals surface area (Å²) >= 11 is 0. The van der Waals surface area contributed by atoms with Gasteiger partial charge in [0.2, 0.25) is 0 Å². The highest BCUT2D eigenvalue weighted by Gasteiger charge is 2.18. The van der Waals surface area contributed by atoms with Gasteiger partial charge in [0.15, 0.2) is 0 Å². The molecular formula is C16H16N2. The first-order valence-electron chi connectivity index (χ1n) is 6.21. The summed E-state index contributed by atoms with van der Waals surface area (Å²) in [4.78, 5) is 6.84. The third-order valence-electron chi connectivity index (χ3n) is 3.30. The lowest BCUT2D eigenvalue weighted by molar-refractivity contribution is 0.518. The fourth-order valence-electron chi connectivity index (χ4n) is 2.42. The monoisotopic (exact) mass is 236 g/mol. The molecule has 0 aromatic heterocycles. The molecule has 0 N–H and O–H groups in total. The Morgan fingerprint density at radius 3 is 2.56 bits per heavy atom. The topological polar surface area (TPSA) is 15.6 Å². The smallest absolute Gasteiger partial charge is 0.102 e. The first-order valence-corrected chi connectivity index (χ1v) is 6.21. The van der Waals surface area contributed by atoms with Crippen LogP contribution in [0.5, 0.6) is 0 Å². The molecule has 18 heavy (non-hydrogen) atoms. The molecule has 0 amide bonds. The molecule has 1 atom stereocenters. The second-order valence-electron chi connectivity index (χ2n) is 4.69. The molecule has 2 aromatic rings. The summed E-state index contributed by atoms with van der Waals surface area (Å²) in [7, 11) is 2.06. The van der Waals surface area contributed by atoms with Gasteiger partial charge in [0, 0.05) is 13.6 Å². The molecule has 1 heterocycles. The maximum atomic E-state index is 4.72. The van der Waals surface area contributed by atoms with Crippen LogP contribution >= 0.6 is 0 Å². The van der Waals surface area contributed by atoms with Gasteiger partial charge in [0.1, 0.15) is 6.04 Å². The van der Waals surface area contributed by atoms with E-state index >= 15 is 0 Å². The van der Waals surface area contributed by atoms with Crippen molar-refractivity contribution in [3.8, 4) is 0 Å². The van der Waals surface area contributed by atoms with Crippen molar-refractivity contribution in [1.29, 1.82) is 0 Å². The van der Waals surface area contributed by atoms with Gasteiger partial charge >= 0.3 is 0 Å². The van der Waals surface area contributed by atoms with Gasteiger partial charge in [-0.2, -0.15) is 0 Å². The lowest BCUT2D eigenvalue weighted by atomic mass is 9.95. The predicted octanol–water partition coefficient (Wildman–Crippen LogP) is 3.25. The van der Waals surface area contributed by atoms with E-state index in [0.29, 0.717) is 0 Å². The first-order chi connectivity index (χ1) is 8.84. The Hall–Kier alpha value is -2.09. The highest BCUT2D eigenvalue weighted by molar-refractivity contribution is 5.58. The lowest BCUT2D eigenvalue weighted by Gasteiger charge is -2.15. The molecule has 3 rings (SSSR count). The molecule has 1 aliphatic heterocycles. The van der Waals surface area contributed by atoms with Crippen LogP contribution in [0.3, 0.4) is 0 Å². The van der Waals surface area contributed by atoms with Crippen LogP contribution in [0, 0.1) is 0 Å². The second kappa shape index (κ2) is 4.65. The van der Waals surface area contributed by atoms with Crippen LogP contribution in [0.1, 0.15) is 22.7 Å². The van der Waals surface area contributed by atoms with Gasteiger partial charge in [-0.3, -0.25) is 4.99 Å². The predicted molar refractivity (Wildman–Crippen MR) is 74.7 cm³/mol. The third-order valence-corrected chi connectivity index (χ3v) is 3.30. The molecule has 2 aromatic carbocycles. The zero-order chi connectivity index (χ0) is 12.4. The van der Waals surface area contributed by atoms with E-state index in [1.54, 1.807) is 0 Å². The van der Waals surface area contributed by atoms with E-state index in [1.807, 2.05) is 12.4 Å². The van der Waals surface area contributed by atoms with Gasteiger partial charge in [-0.1, -0.05) is 54.6 Å². The number of benzene rings is 2. The third kappa shape index (κ3) is 2.02. The number of rotatable bonds is 1. The van der Waals surface area contributed by atoms with Crippen molar-refractivity contribution in [2.75, 3.05) is 7.05 Å². The number of hydrogen-bond acceptors (Lipinski definition) is 2. The molecule has 0 unspecified atom stereocenters. The summed E-state index contributed by atoms with van der Waals surface area (Å²) in [6, 6.07) is 19.2. The summed E-state index contributed by atoms with van der Waals surface area (Å²) in [6.45, 7) is 0.920. The Balaban J connectivity index is 2.11. The molecule has 0 radical (unpaired) electrons. The molecule has 0 saturated carbocycles. The molecule has 0 bridgehead atoms. The van der Waals surface area contributed by atoms with E-state index in [9.17, 15) is 0 Å². The van der Waals surface area contributed by atoms with Crippen LogP contribution in [0.2, 0.25) is 0 Å². The Bertz CT molecular complexity index is 560. The van der Waals surface area contributed by atoms with E-state index in [1.165, 1.54) is 16.7 Å². The Morgan fingerprint density at radius 2 is 1.72 bits per heavy atom. The SMILES string of the molecule is CN1C=N[C@@H](c2ccccc2)c2ccccc2C1. The van der Waals surface area contributed by atoms with Crippen LogP contribution in [-0.4, -0.2) is 18.3 Å². The van der Waals surface area contributed by atoms with Crippen molar-refractivity contribution in [1.82, 2.24) is 4.90 Å². The maximum Gasteiger partial charge on any atom is 0.102 e. The minimum absolute atomic E-state index is 0.118. The zero-order valence-corrected chi connectivity index (χ0v) is 10.5. The Kier molecular flexibility index (Phi) is 2.85. The van der Waals surface area contributed by atoms with E-state index < -0.39 is 0 Å². The van der Waals surface area contributed by atoms with Gasteiger partial charge < -0.3 is 4.90 Å². The van der Waals surface area contributed by atoms with E-state index in [-0.39, 0.29) is 6.04 Å². The van der Waals surface area contributed by atoms with E-state index in [2.05, 4.69) is 60.5 Å². The summed E-state index contributed by atoms with van der Waals surface area (Å²) in [5, 5.41) is 0. The van der Waals surface area contributed by atoms with Crippen LogP contribution in [0.15, 0.2) is 59.6 Å². The standard InChI is InChI=1S/C16H16N2/c1-18-11-14-9-5-6-10-15(14)16(17-12-18)13-7-3-2-4-8-13/h2-10,12,16H,11H2,1H3/t16-/m0/s1. The zero-order valence-electron chi connectivity index (χ0n) is 10.5. The largest absolute Gasteiger partial charge is 0.362 e. The fraction of sp³-hybridized carbons (Fsp3) is 0.188. The first kappa shape index (κ1) is 11.0. The van der Waals surface area contributed by atoms with Gasteiger partial charge in [-0.05, 0) is 16.7 Å². The van der Waals surface area contributed by atoms with Crippen LogP contribution in [0.4, 0.5) is 0 Å². The fourth-order valence-corrected chi connectivity index (χ4v) is 2.42. The van der Waals surface area contributed by atoms with Crippen molar-refractivity contribution < 1.29 is 0 Å². The lowest BCUT2D eigenvalue weighted by Crippen LogP contribution is -2.14. The maximum absolute atomic E-state index is 4.72. The van der Waals surface area contributed by atoms with Gasteiger partial charge in [0.05, 0.1) is 6.34 Å². The molecule has 1 aliphatic rings. The Labute approximate surface area is 108 Å². The van der Waals surface area contributed by atoms with Crippen LogP contribution in [-0.2, 0) is 6.54 Å². The molecule has 0 saturated heterocycles. The molecule has 0 aliphatic carbocycles. The van der Waals surface area contributed by atoms with Crippen LogP contribution in [0.25, 0.3) is 0 Å². The normalized spacial score (nSPS) is 18.3. The molecule has 90 valence electrons. The summed E-state index contributed by atoms with van der Waals surface area (Å²) in [5.74, 6) is 0. The second-order valence-corrected chi connectivity index (χ2v) is 4.69. The number of hydrogen-bond donors (Lipinski definition) is 0. The Morgan fingerprint density at radius 1 is 1.00 bits per heavy atom. The van der Waals surface area contributed by atoms with Crippen molar-refractivity contribution in [2.24, 2.45) is 4.99 Å². The molecule has 0 fully saturated rings. The van der Waals surface area contributed by atoms with Crippen molar-refractivity contribution >= 4 is 6.34 Å². The summed E-state index contributed by atoms with van der Waals surface area (Å²) in [6.07, 6.45) is 1.94. The van der Waals surface area contributed by atoms with Crippen molar-refractivity contribution in [3.05, 3.63) is 71.3 Å². The quantitative estimate of drug-likeness (QED) is 0.742. The number of nitrogens with zero attached hydrogens (tertiary/aromatic N) is 2. The minimum Gasteiger partial charge on any atom is -0.362 e. The van der Waals surface area contributed by atoms with Gasteiger partial charge in [-0.15, -0.1) is 0 Å². The minimum atomic E-state index is 0.118. The van der Waals surface area contributed by atoms with Gasteiger partial charge in [0.25, 0.3) is 0 Å².